The molecule has 0 bridgehead atoms. The maximum atomic E-state index is 12.5. The molecule has 0 saturated carbocycles. The lowest BCUT2D eigenvalue weighted by molar-refractivity contribution is -0.134. The van der Waals surface area contributed by atoms with Crippen LogP contribution in [0.15, 0.2) is 0 Å². The van der Waals surface area contributed by atoms with E-state index in [0.717, 1.165) is 18.9 Å². The highest BCUT2D eigenvalue weighted by Gasteiger charge is 2.31. The van der Waals surface area contributed by atoms with E-state index in [1.54, 1.807) is 0 Å². The number of amides is 2. The Morgan fingerprint density at radius 1 is 1.10 bits per heavy atom. The summed E-state index contributed by atoms with van der Waals surface area (Å²) in [5.74, 6) is 1.02. The molecule has 4 nitrogen and oxygen atoms in total. The molecule has 1 unspecified atom stereocenters. The minimum Gasteiger partial charge on any atom is -0.344 e. The molecule has 1 fully saturated rings. The van der Waals surface area contributed by atoms with E-state index in [1.807, 2.05) is 18.7 Å². The fraction of sp³-hybridized carbons (Fsp3) is 0.882. The predicted octanol–water partition coefficient (Wildman–Crippen LogP) is 2.97. The molecular weight excluding hydrogens is 264 g/mol. The number of carbonyl (C=O) groups excluding carboxylic acids is 2. The standard InChI is InChI=1S/C17H32N2O2/c1-13(2)9-7-5-6-8-11-19-12-10-15(20)18-16(14(3)4)17(19)21/h13-14,16H,5-12H2,1-4H3,(H,18,20). The summed E-state index contributed by atoms with van der Waals surface area (Å²) in [4.78, 5) is 26.0. The van der Waals surface area contributed by atoms with Gasteiger partial charge in [-0.1, -0.05) is 53.4 Å². The van der Waals surface area contributed by atoms with Crippen molar-refractivity contribution >= 4 is 11.8 Å². The molecule has 2 amide bonds. The third kappa shape index (κ3) is 6.49. The highest BCUT2D eigenvalue weighted by molar-refractivity contribution is 5.90. The Balaban J connectivity index is 2.35. The van der Waals surface area contributed by atoms with E-state index in [0.29, 0.717) is 13.0 Å². The summed E-state index contributed by atoms with van der Waals surface area (Å²) in [6, 6.07) is -0.346. The highest BCUT2D eigenvalue weighted by atomic mass is 16.2. The fourth-order valence-corrected chi connectivity index (χ4v) is 2.73. The van der Waals surface area contributed by atoms with Gasteiger partial charge in [-0.3, -0.25) is 9.59 Å². The number of hydrogen-bond donors (Lipinski definition) is 1. The van der Waals surface area contributed by atoms with Gasteiger partial charge in [0, 0.05) is 19.5 Å². The molecule has 122 valence electrons. The molecule has 1 rings (SSSR count). The van der Waals surface area contributed by atoms with Crippen LogP contribution >= 0.6 is 0 Å². The third-order valence-electron chi connectivity index (χ3n) is 4.13. The predicted molar refractivity (Wildman–Crippen MR) is 85.9 cm³/mol. The molecular formula is C17H32N2O2. The van der Waals surface area contributed by atoms with Gasteiger partial charge in [0.05, 0.1) is 0 Å². The molecule has 1 aliphatic rings. The zero-order valence-corrected chi connectivity index (χ0v) is 14.2. The topological polar surface area (TPSA) is 49.4 Å². The average molecular weight is 296 g/mol. The maximum Gasteiger partial charge on any atom is 0.245 e. The van der Waals surface area contributed by atoms with Crippen LogP contribution in [0, 0.1) is 11.8 Å². The molecule has 1 N–H and O–H groups in total. The molecule has 1 heterocycles. The minimum atomic E-state index is -0.346. The van der Waals surface area contributed by atoms with Gasteiger partial charge >= 0.3 is 0 Å². The van der Waals surface area contributed by atoms with E-state index in [9.17, 15) is 9.59 Å². The van der Waals surface area contributed by atoms with Crippen molar-refractivity contribution in [1.82, 2.24) is 10.2 Å². The summed E-state index contributed by atoms with van der Waals surface area (Å²) >= 11 is 0. The van der Waals surface area contributed by atoms with Gasteiger partial charge in [-0.2, -0.15) is 0 Å². The van der Waals surface area contributed by atoms with Crippen LogP contribution in [0.5, 0.6) is 0 Å². The van der Waals surface area contributed by atoms with Gasteiger partial charge in [0.15, 0.2) is 0 Å². The van der Waals surface area contributed by atoms with Crippen LogP contribution in [0.25, 0.3) is 0 Å². The van der Waals surface area contributed by atoms with Crippen LogP contribution in [0.2, 0.25) is 0 Å². The van der Waals surface area contributed by atoms with Crippen LogP contribution in [-0.4, -0.2) is 35.8 Å². The largest absolute Gasteiger partial charge is 0.344 e. The van der Waals surface area contributed by atoms with Crippen molar-refractivity contribution in [3.05, 3.63) is 0 Å². The van der Waals surface area contributed by atoms with Crippen molar-refractivity contribution in [3.8, 4) is 0 Å². The first-order valence-electron chi connectivity index (χ1n) is 8.50. The second-order valence-electron chi connectivity index (χ2n) is 6.96. The SMILES string of the molecule is CC(C)CCCCCCN1CCC(=O)NC(C(C)C)C1=O. The molecule has 0 radical (unpaired) electrons. The van der Waals surface area contributed by atoms with Gasteiger partial charge in [0.2, 0.25) is 11.8 Å². The lowest BCUT2D eigenvalue weighted by Gasteiger charge is -2.26. The Morgan fingerprint density at radius 3 is 2.38 bits per heavy atom. The number of carbonyl (C=O) groups is 2. The zero-order chi connectivity index (χ0) is 15.8. The Morgan fingerprint density at radius 2 is 1.76 bits per heavy atom. The summed E-state index contributed by atoms with van der Waals surface area (Å²) in [5.41, 5.74) is 0. The van der Waals surface area contributed by atoms with E-state index in [2.05, 4.69) is 19.2 Å². The van der Waals surface area contributed by atoms with Crippen molar-refractivity contribution in [1.29, 1.82) is 0 Å². The maximum absolute atomic E-state index is 12.5. The van der Waals surface area contributed by atoms with Crippen molar-refractivity contribution < 1.29 is 9.59 Å². The molecule has 0 aliphatic carbocycles. The summed E-state index contributed by atoms with van der Waals surface area (Å²) < 4.78 is 0. The molecule has 4 heteroatoms. The van der Waals surface area contributed by atoms with Gasteiger partial charge in [0.1, 0.15) is 6.04 Å². The van der Waals surface area contributed by atoms with Gasteiger partial charge < -0.3 is 10.2 Å². The smallest absolute Gasteiger partial charge is 0.245 e. The third-order valence-corrected chi connectivity index (χ3v) is 4.13. The highest BCUT2D eigenvalue weighted by Crippen LogP contribution is 2.13. The van der Waals surface area contributed by atoms with Crippen molar-refractivity contribution in [2.24, 2.45) is 11.8 Å². The van der Waals surface area contributed by atoms with E-state index in [-0.39, 0.29) is 23.8 Å². The van der Waals surface area contributed by atoms with Crippen LogP contribution in [0.1, 0.15) is 66.2 Å². The minimum absolute atomic E-state index is 0.00137. The van der Waals surface area contributed by atoms with E-state index < -0.39 is 0 Å². The summed E-state index contributed by atoms with van der Waals surface area (Å²) in [7, 11) is 0. The van der Waals surface area contributed by atoms with Crippen LogP contribution in [-0.2, 0) is 9.59 Å². The molecule has 0 aromatic heterocycles. The summed E-state index contributed by atoms with van der Waals surface area (Å²) in [5, 5.41) is 2.85. The normalized spacial score (nSPS) is 20.1. The van der Waals surface area contributed by atoms with Crippen molar-refractivity contribution in [2.45, 2.75) is 72.3 Å². The molecule has 0 spiro atoms. The Hall–Kier alpha value is -1.06. The lowest BCUT2D eigenvalue weighted by Crippen LogP contribution is -2.47. The summed E-state index contributed by atoms with van der Waals surface area (Å²) in [6.07, 6.45) is 6.46. The molecule has 1 saturated heterocycles. The fourth-order valence-electron chi connectivity index (χ4n) is 2.73. The Bertz CT molecular complexity index is 340. The molecule has 0 aromatic carbocycles. The molecule has 0 aromatic rings. The first kappa shape index (κ1) is 18.0. The van der Waals surface area contributed by atoms with Gasteiger partial charge in [-0.15, -0.1) is 0 Å². The number of nitrogens with zero attached hydrogens (tertiary/aromatic N) is 1. The second kappa shape index (κ2) is 9.06. The lowest BCUT2D eigenvalue weighted by atomic mass is 10.0. The number of rotatable bonds is 8. The Labute approximate surface area is 129 Å². The first-order valence-corrected chi connectivity index (χ1v) is 8.50. The first-order chi connectivity index (χ1) is 9.91. The number of hydrogen-bond acceptors (Lipinski definition) is 2. The Kier molecular flexibility index (Phi) is 7.76. The quantitative estimate of drug-likeness (QED) is 0.700. The molecule has 1 atom stereocenters. The van der Waals surface area contributed by atoms with Gasteiger partial charge in [-0.05, 0) is 18.3 Å². The van der Waals surface area contributed by atoms with Crippen molar-refractivity contribution in [3.63, 3.8) is 0 Å². The van der Waals surface area contributed by atoms with E-state index in [4.69, 9.17) is 0 Å². The van der Waals surface area contributed by atoms with E-state index in [1.165, 1.54) is 25.7 Å². The number of nitrogens with one attached hydrogen (secondary N) is 1. The number of unbranched alkanes of at least 4 members (excludes halogenated alkanes) is 3. The van der Waals surface area contributed by atoms with Gasteiger partial charge in [0.25, 0.3) is 0 Å². The van der Waals surface area contributed by atoms with Crippen molar-refractivity contribution in [2.75, 3.05) is 13.1 Å². The molecule has 1 aliphatic heterocycles. The van der Waals surface area contributed by atoms with Crippen LogP contribution in [0.4, 0.5) is 0 Å². The second-order valence-corrected chi connectivity index (χ2v) is 6.96. The van der Waals surface area contributed by atoms with Crippen LogP contribution < -0.4 is 5.32 Å². The zero-order valence-electron chi connectivity index (χ0n) is 14.2. The van der Waals surface area contributed by atoms with Crippen LogP contribution in [0.3, 0.4) is 0 Å². The van der Waals surface area contributed by atoms with E-state index >= 15 is 0 Å². The summed E-state index contributed by atoms with van der Waals surface area (Å²) in [6.45, 7) is 9.84. The van der Waals surface area contributed by atoms with Gasteiger partial charge in [-0.25, -0.2) is 0 Å². The monoisotopic (exact) mass is 296 g/mol. The molecule has 21 heavy (non-hydrogen) atoms. The average Bonchev–Trinajstić information content (AvgIpc) is 2.54.